The summed E-state index contributed by atoms with van der Waals surface area (Å²) in [4.78, 5) is 11.7. The van der Waals surface area contributed by atoms with E-state index in [1.54, 1.807) is 0 Å². The lowest BCUT2D eigenvalue weighted by Crippen LogP contribution is -2.27. The fourth-order valence-electron chi connectivity index (χ4n) is 1.68. The summed E-state index contributed by atoms with van der Waals surface area (Å²) in [6, 6.07) is 6.08. The number of nitrogens with one attached hydrogen (secondary N) is 1. The van der Waals surface area contributed by atoms with Crippen molar-refractivity contribution in [2.24, 2.45) is 0 Å². The molecule has 0 radical (unpaired) electrons. The van der Waals surface area contributed by atoms with Crippen LogP contribution in [0.2, 0.25) is 0 Å². The molecule has 0 saturated heterocycles. The molecule has 3 nitrogen and oxygen atoms in total. The molecule has 1 aromatic carbocycles. The molecule has 1 N–H and O–H groups in total. The minimum Gasteiger partial charge on any atom is -0.444 e. The van der Waals surface area contributed by atoms with Crippen molar-refractivity contribution in [2.75, 3.05) is 5.32 Å². The average Bonchev–Trinajstić information content (AvgIpc) is 2.16. The second-order valence-electron chi connectivity index (χ2n) is 6.91. The van der Waals surface area contributed by atoms with Gasteiger partial charge in [0.1, 0.15) is 5.60 Å². The lowest BCUT2D eigenvalue weighted by molar-refractivity contribution is 0.0636. The molecule has 0 heterocycles. The van der Waals surface area contributed by atoms with Gasteiger partial charge in [0.15, 0.2) is 0 Å². The van der Waals surface area contributed by atoms with Crippen LogP contribution in [0.1, 0.15) is 52.7 Å². The van der Waals surface area contributed by atoms with Crippen LogP contribution in [-0.4, -0.2) is 11.7 Å². The van der Waals surface area contributed by atoms with Crippen LogP contribution in [-0.2, 0) is 10.2 Å². The number of hydrogen-bond donors (Lipinski definition) is 1. The predicted molar refractivity (Wildman–Crippen MR) is 79.7 cm³/mol. The maximum atomic E-state index is 11.7. The van der Waals surface area contributed by atoms with Crippen LogP contribution in [0.3, 0.4) is 0 Å². The van der Waals surface area contributed by atoms with Gasteiger partial charge in [-0.05, 0) is 50.3 Å². The molecule has 3 heteroatoms. The number of benzene rings is 1. The Labute approximate surface area is 116 Å². The summed E-state index contributed by atoms with van der Waals surface area (Å²) in [6.45, 7) is 14.0. The van der Waals surface area contributed by atoms with E-state index < -0.39 is 11.7 Å². The molecule has 0 aliphatic carbocycles. The Morgan fingerprint density at radius 3 is 2.11 bits per heavy atom. The summed E-state index contributed by atoms with van der Waals surface area (Å²) in [7, 11) is 0. The number of ether oxygens (including phenoxy) is 1. The number of aryl methyl sites for hydroxylation is 1. The Morgan fingerprint density at radius 1 is 1.11 bits per heavy atom. The van der Waals surface area contributed by atoms with E-state index in [4.69, 9.17) is 4.74 Å². The first-order valence-corrected chi connectivity index (χ1v) is 6.60. The zero-order chi connectivity index (χ0) is 14.8. The van der Waals surface area contributed by atoms with Crippen LogP contribution in [0.4, 0.5) is 10.5 Å². The van der Waals surface area contributed by atoms with Gasteiger partial charge in [0.25, 0.3) is 0 Å². The molecule has 0 bridgehead atoms. The molecular formula is C16H25NO2. The molecule has 0 unspecified atom stereocenters. The number of carbonyl (C=O) groups excluding carboxylic acids is 1. The SMILES string of the molecule is Cc1cc(C(C)(C)C)ccc1NC(=O)OC(C)(C)C. The minimum absolute atomic E-state index is 0.106. The molecule has 0 atom stereocenters. The summed E-state index contributed by atoms with van der Waals surface area (Å²) >= 11 is 0. The van der Waals surface area contributed by atoms with Gasteiger partial charge in [0, 0.05) is 5.69 Å². The van der Waals surface area contributed by atoms with E-state index in [2.05, 4.69) is 32.2 Å². The third-order valence-corrected chi connectivity index (χ3v) is 2.73. The van der Waals surface area contributed by atoms with Gasteiger partial charge >= 0.3 is 6.09 Å². The topological polar surface area (TPSA) is 38.3 Å². The Balaban J connectivity index is 2.84. The first kappa shape index (κ1) is 15.5. The van der Waals surface area contributed by atoms with Gasteiger partial charge in [0.05, 0.1) is 0 Å². The van der Waals surface area contributed by atoms with Gasteiger partial charge in [-0.2, -0.15) is 0 Å². The maximum Gasteiger partial charge on any atom is 0.412 e. The average molecular weight is 263 g/mol. The highest BCUT2D eigenvalue weighted by Gasteiger charge is 2.18. The number of amides is 1. The second-order valence-corrected chi connectivity index (χ2v) is 6.91. The zero-order valence-electron chi connectivity index (χ0n) is 13.0. The molecule has 0 aliphatic rings. The molecular weight excluding hydrogens is 238 g/mol. The van der Waals surface area contributed by atoms with E-state index in [1.165, 1.54) is 5.56 Å². The van der Waals surface area contributed by atoms with Crippen molar-refractivity contribution in [3.63, 3.8) is 0 Å². The Kier molecular flexibility index (Phi) is 4.28. The van der Waals surface area contributed by atoms with Crippen molar-refractivity contribution in [2.45, 2.75) is 59.5 Å². The molecule has 0 saturated carbocycles. The standard InChI is InChI=1S/C16H25NO2/c1-11-10-12(15(2,3)4)8-9-13(11)17-14(18)19-16(5,6)7/h8-10H,1-7H3,(H,17,18). The molecule has 0 aliphatic heterocycles. The molecule has 1 rings (SSSR count). The molecule has 106 valence electrons. The first-order valence-electron chi connectivity index (χ1n) is 6.60. The molecule has 1 aromatic rings. The van der Waals surface area contributed by atoms with Crippen LogP contribution >= 0.6 is 0 Å². The van der Waals surface area contributed by atoms with Gasteiger partial charge in [-0.3, -0.25) is 5.32 Å². The molecule has 0 fully saturated rings. The highest BCUT2D eigenvalue weighted by atomic mass is 16.6. The highest BCUT2D eigenvalue weighted by molar-refractivity contribution is 5.86. The second kappa shape index (κ2) is 5.24. The van der Waals surface area contributed by atoms with E-state index in [0.717, 1.165) is 11.3 Å². The van der Waals surface area contributed by atoms with Crippen LogP contribution in [0.25, 0.3) is 0 Å². The fourth-order valence-corrected chi connectivity index (χ4v) is 1.68. The molecule has 19 heavy (non-hydrogen) atoms. The van der Waals surface area contributed by atoms with Crippen LogP contribution in [0.5, 0.6) is 0 Å². The Morgan fingerprint density at radius 2 is 1.68 bits per heavy atom. The third kappa shape index (κ3) is 4.93. The predicted octanol–water partition coefficient (Wildman–Crippen LogP) is 4.64. The lowest BCUT2D eigenvalue weighted by Gasteiger charge is -2.22. The van der Waals surface area contributed by atoms with Crippen LogP contribution < -0.4 is 5.32 Å². The summed E-state index contributed by atoms with van der Waals surface area (Å²) in [6.07, 6.45) is -0.417. The van der Waals surface area contributed by atoms with Gasteiger partial charge in [-0.15, -0.1) is 0 Å². The molecule has 0 spiro atoms. The van der Waals surface area contributed by atoms with Crippen molar-refractivity contribution < 1.29 is 9.53 Å². The van der Waals surface area contributed by atoms with Crippen molar-refractivity contribution in [1.29, 1.82) is 0 Å². The van der Waals surface area contributed by atoms with Gasteiger partial charge in [0.2, 0.25) is 0 Å². The Hall–Kier alpha value is -1.51. The van der Waals surface area contributed by atoms with Gasteiger partial charge in [-0.25, -0.2) is 4.79 Å². The van der Waals surface area contributed by atoms with E-state index in [1.807, 2.05) is 39.8 Å². The van der Waals surface area contributed by atoms with Gasteiger partial charge in [-0.1, -0.05) is 32.9 Å². The fraction of sp³-hybridized carbons (Fsp3) is 0.562. The van der Waals surface area contributed by atoms with E-state index in [0.29, 0.717) is 0 Å². The van der Waals surface area contributed by atoms with Crippen molar-refractivity contribution in [3.8, 4) is 0 Å². The van der Waals surface area contributed by atoms with Crippen molar-refractivity contribution >= 4 is 11.8 Å². The van der Waals surface area contributed by atoms with E-state index in [9.17, 15) is 4.79 Å². The normalized spacial score (nSPS) is 12.2. The van der Waals surface area contributed by atoms with E-state index >= 15 is 0 Å². The summed E-state index contributed by atoms with van der Waals surface area (Å²) < 4.78 is 5.24. The summed E-state index contributed by atoms with van der Waals surface area (Å²) in [5, 5.41) is 2.78. The smallest absolute Gasteiger partial charge is 0.412 e. The molecule has 1 amide bonds. The first-order chi connectivity index (χ1) is 8.49. The Bertz CT molecular complexity index is 465. The highest BCUT2D eigenvalue weighted by Crippen LogP contribution is 2.26. The largest absolute Gasteiger partial charge is 0.444 e. The number of anilines is 1. The molecule has 0 aromatic heterocycles. The van der Waals surface area contributed by atoms with Crippen LogP contribution in [0.15, 0.2) is 18.2 Å². The number of rotatable bonds is 1. The maximum absolute atomic E-state index is 11.7. The van der Waals surface area contributed by atoms with Crippen molar-refractivity contribution in [1.82, 2.24) is 0 Å². The lowest BCUT2D eigenvalue weighted by atomic mass is 9.86. The van der Waals surface area contributed by atoms with Crippen LogP contribution in [0, 0.1) is 6.92 Å². The zero-order valence-corrected chi connectivity index (χ0v) is 13.0. The third-order valence-electron chi connectivity index (χ3n) is 2.73. The summed E-state index contributed by atoms with van der Waals surface area (Å²) in [5.74, 6) is 0. The number of hydrogen-bond acceptors (Lipinski definition) is 2. The minimum atomic E-state index is -0.483. The van der Waals surface area contributed by atoms with Crippen molar-refractivity contribution in [3.05, 3.63) is 29.3 Å². The quantitative estimate of drug-likeness (QED) is 0.801. The van der Waals surface area contributed by atoms with Gasteiger partial charge < -0.3 is 4.74 Å². The van der Waals surface area contributed by atoms with E-state index in [-0.39, 0.29) is 5.41 Å². The summed E-state index contributed by atoms with van der Waals surface area (Å²) in [5.41, 5.74) is 2.71. The monoisotopic (exact) mass is 263 g/mol. The number of carbonyl (C=O) groups is 1.